The number of carbonyl (C=O) groups excluding carboxylic acids is 2. The molecule has 2 amide bonds. The van der Waals surface area contributed by atoms with E-state index in [1.807, 2.05) is 72.8 Å². The van der Waals surface area contributed by atoms with Crippen molar-refractivity contribution < 1.29 is 18.0 Å². The number of anilines is 1. The van der Waals surface area contributed by atoms with Crippen molar-refractivity contribution >= 4 is 49.9 Å². The Bertz CT molecular complexity index is 1690. The lowest BCUT2D eigenvalue weighted by atomic mass is 10.0. The predicted molar refractivity (Wildman–Crippen MR) is 172 cm³/mol. The van der Waals surface area contributed by atoms with Crippen molar-refractivity contribution in [2.45, 2.75) is 50.7 Å². The Balaban J connectivity index is 1.55. The van der Waals surface area contributed by atoms with Crippen LogP contribution in [0.5, 0.6) is 0 Å². The van der Waals surface area contributed by atoms with Crippen molar-refractivity contribution in [2.24, 2.45) is 0 Å². The molecule has 4 aromatic rings. The lowest BCUT2D eigenvalue weighted by Gasteiger charge is -2.34. The normalized spacial score (nSPS) is 14.4. The van der Waals surface area contributed by atoms with Crippen molar-refractivity contribution in [2.75, 3.05) is 17.1 Å². The topological polar surface area (TPSA) is 86.8 Å². The van der Waals surface area contributed by atoms with Gasteiger partial charge in [0.15, 0.2) is 0 Å². The Kier molecular flexibility index (Phi) is 9.68. The van der Waals surface area contributed by atoms with E-state index >= 15 is 0 Å². The molecule has 1 saturated carbocycles. The number of hydrogen-bond acceptors (Lipinski definition) is 4. The predicted octanol–water partition coefficient (Wildman–Crippen LogP) is 5.96. The minimum atomic E-state index is -3.88. The Morgan fingerprint density at radius 3 is 2.26 bits per heavy atom. The number of nitrogens with one attached hydrogen (secondary N) is 1. The molecule has 1 fully saturated rings. The molecule has 0 aliphatic heterocycles. The van der Waals surface area contributed by atoms with Crippen LogP contribution in [0.15, 0.2) is 97.1 Å². The van der Waals surface area contributed by atoms with Crippen LogP contribution in [-0.2, 0) is 32.6 Å². The molecule has 1 aliphatic carbocycles. The summed E-state index contributed by atoms with van der Waals surface area (Å²) in [4.78, 5) is 29.9. The van der Waals surface area contributed by atoms with E-state index in [0.29, 0.717) is 21.7 Å². The average molecular weight is 618 g/mol. The molecule has 0 radical (unpaired) electrons. The third-order valence-electron chi connectivity index (χ3n) is 7.99. The summed E-state index contributed by atoms with van der Waals surface area (Å²) in [6.45, 7) is -0.430. The van der Waals surface area contributed by atoms with Crippen LogP contribution in [-0.4, -0.2) is 50.0 Å². The van der Waals surface area contributed by atoms with Gasteiger partial charge < -0.3 is 10.2 Å². The average Bonchev–Trinajstić information content (AvgIpc) is 3.51. The second-order valence-electron chi connectivity index (χ2n) is 11.1. The minimum Gasteiger partial charge on any atom is -0.352 e. The first-order valence-electron chi connectivity index (χ1n) is 14.5. The monoisotopic (exact) mass is 617 g/mol. The molecular formula is C34H36ClN3O4S. The van der Waals surface area contributed by atoms with Gasteiger partial charge in [0.05, 0.1) is 11.9 Å². The Morgan fingerprint density at radius 1 is 0.884 bits per heavy atom. The lowest BCUT2D eigenvalue weighted by molar-refractivity contribution is -0.140. The van der Waals surface area contributed by atoms with Crippen molar-refractivity contribution in [1.82, 2.24) is 10.2 Å². The van der Waals surface area contributed by atoms with Crippen molar-refractivity contribution in [1.29, 1.82) is 0 Å². The van der Waals surface area contributed by atoms with E-state index in [2.05, 4.69) is 5.32 Å². The maximum Gasteiger partial charge on any atom is 0.244 e. The zero-order valence-electron chi connectivity index (χ0n) is 24.2. The van der Waals surface area contributed by atoms with E-state index < -0.39 is 28.5 Å². The molecule has 0 saturated heterocycles. The quantitative estimate of drug-likeness (QED) is 0.225. The molecular weight excluding hydrogens is 582 g/mol. The van der Waals surface area contributed by atoms with Gasteiger partial charge in [-0.15, -0.1) is 0 Å². The molecule has 0 aromatic heterocycles. The molecule has 4 aromatic carbocycles. The van der Waals surface area contributed by atoms with Gasteiger partial charge in [0, 0.05) is 29.4 Å². The summed E-state index contributed by atoms with van der Waals surface area (Å²) >= 11 is 6.55. The highest BCUT2D eigenvalue weighted by Crippen LogP contribution is 2.29. The standard InChI is InChI=1S/C34H36ClN3O4S/c1-43(41,42)38(31-21-11-16-26-14-5-9-19-29(26)31)24-33(39)37(23-27-15-6-10-20-30(27)35)32(22-25-12-3-2-4-13-25)34(40)36-28-17-7-8-18-28/h2-6,9-16,19-21,28,32H,7-8,17-18,22-24H2,1H3,(H,36,40). The molecule has 9 heteroatoms. The fourth-order valence-corrected chi connectivity index (χ4v) is 6.81. The molecule has 7 nitrogen and oxygen atoms in total. The number of carbonyl (C=O) groups is 2. The molecule has 1 N–H and O–H groups in total. The van der Waals surface area contributed by atoms with Gasteiger partial charge >= 0.3 is 0 Å². The minimum absolute atomic E-state index is 0.0429. The van der Waals surface area contributed by atoms with Gasteiger partial charge in [0.2, 0.25) is 21.8 Å². The largest absolute Gasteiger partial charge is 0.352 e. The van der Waals surface area contributed by atoms with Crippen LogP contribution in [0.25, 0.3) is 10.8 Å². The van der Waals surface area contributed by atoms with Gasteiger partial charge in [-0.3, -0.25) is 13.9 Å². The van der Waals surface area contributed by atoms with E-state index in [-0.39, 0.29) is 24.9 Å². The first-order valence-corrected chi connectivity index (χ1v) is 16.8. The second-order valence-corrected chi connectivity index (χ2v) is 13.4. The number of nitrogens with zero attached hydrogens (tertiary/aromatic N) is 2. The number of sulfonamides is 1. The molecule has 43 heavy (non-hydrogen) atoms. The van der Waals surface area contributed by atoms with Crippen LogP contribution in [0.3, 0.4) is 0 Å². The van der Waals surface area contributed by atoms with Gasteiger partial charge in [-0.1, -0.05) is 109 Å². The van der Waals surface area contributed by atoms with Crippen LogP contribution in [0.1, 0.15) is 36.8 Å². The highest BCUT2D eigenvalue weighted by Gasteiger charge is 2.34. The van der Waals surface area contributed by atoms with E-state index in [1.54, 1.807) is 24.3 Å². The first-order chi connectivity index (χ1) is 20.7. The van der Waals surface area contributed by atoms with Crippen LogP contribution >= 0.6 is 11.6 Å². The summed E-state index contributed by atoms with van der Waals surface area (Å²) in [5.41, 5.74) is 1.96. The van der Waals surface area contributed by atoms with Crippen molar-refractivity contribution in [3.05, 3.63) is 113 Å². The number of fused-ring (bicyclic) bond motifs is 1. The molecule has 0 heterocycles. The summed E-state index contributed by atoms with van der Waals surface area (Å²) in [6.07, 6.45) is 5.24. The van der Waals surface area contributed by atoms with E-state index in [1.165, 1.54) is 4.90 Å². The summed E-state index contributed by atoms with van der Waals surface area (Å²) < 4.78 is 27.6. The van der Waals surface area contributed by atoms with Crippen molar-refractivity contribution in [3.63, 3.8) is 0 Å². The zero-order chi connectivity index (χ0) is 30.4. The third-order valence-corrected chi connectivity index (χ3v) is 9.48. The molecule has 5 rings (SSSR count). The number of hydrogen-bond donors (Lipinski definition) is 1. The summed E-state index contributed by atoms with van der Waals surface area (Å²) in [7, 11) is -3.88. The van der Waals surface area contributed by atoms with Gasteiger partial charge in [0.1, 0.15) is 12.6 Å². The second kappa shape index (κ2) is 13.6. The van der Waals surface area contributed by atoms with E-state index in [4.69, 9.17) is 11.6 Å². The van der Waals surface area contributed by atoms with E-state index in [0.717, 1.165) is 47.2 Å². The summed E-state index contributed by atoms with van der Waals surface area (Å²) in [5, 5.41) is 5.20. The van der Waals surface area contributed by atoms with Crippen LogP contribution in [0.4, 0.5) is 5.69 Å². The Morgan fingerprint density at radius 2 is 1.53 bits per heavy atom. The molecule has 1 atom stereocenters. The SMILES string of the molecule is CS(=O)(=O)N(CC(=O)N(Cc1ccccc1Cl)C(Cc1ccccc1)C(=O)NC1CCCC1)c1cccc2ccccc12. The number of halogens is 1. The lowest BCUT2D eigenvalue weighted by Crippen LogP contribution is -2.54. The number of benzene rings is 4. The molecule has 1 unspecified atom stereocenters. The Hall–Kier alpha value is -3.88. The maximum atomic E-state index is 14.4. The van der Waals surface area contributed by atoms with Gasteiger partial charge in [-0.2, -0.15) is 0 Å². The molecule has 1 aliphatic rings. The Labute approximate surface area is 258 Å². The van der Waals surface area contributed by atoms with Crippen LogP contribution < -0.4 is 9.62 Å². The number of rotatable bonds is 11. The number of amides is 2. The van der Waals surface area contributed by atoms with Gasteiger partial charge in [0.25, 0.3) is 0 Å². The van der Waals surface area contributed by atoms with Gasteiger partial charge in [-0.25, -0.2) is 8.42 Å². The fourth-order valence-electron chi connectivity index (χ4n) is 5.75. The van der Waals surface area contributed by atoms with Crippen molar-refractivity contribution in [3.8, 4) is 0 Å². The highest BCUT2D eigenvalue weighted by molar-refractivity contribution is 7.92. The third kappa shape index (κ3) is 7.56. The smallest absolute Gasteiger partial charge is 0.244 e. The van der Waals surface area contributed by atoms with Gasteiger partial charge in [-0.05, 0) is 41.5 Å². The molecule has 224 valence electrons. The fraction of sp³-hybridized carbons (Fsp3) is 0.294. The molecule has 0 bridgehead atoms. The summed E-state index contributed by atoms with van der Waals surface area (Å²) in [5.74, 6) is -0.756. The van der Waals surface area contributed by atoms with Crippen LogP contribution in [0, 0.1) is 0 Å². The highest BCUT2D eigenvalue weighted by atomic mass is 35.5. The maximum absolute atomic E-state index is 14.4. The van der Waals surface area contributed by atoms with Crippen LogP contribution in [0.2, 0.25) is 5.02 Å². The molecule has 0 spiro atoms. The summed E-state index contributed by atoms with van der Waals surface area (Å²) in [6, 6.07) is 28.7. The zero-order valence-corrected chi connectivity index (χ0v) is 25.7. The first kappa shape index (κ1) is 30.6. The van der Waals surface area contributed by atoms with E-state index in [9.17, 15) is 18.0 Å².